The lowest BCUT2D eigenvalue weighted by molar-refractivity contribution is -0.122. The number of nitrogens with one attached hydrogen (secondary N) is 1. The Hall–Kier alpha value is -2.54. The molecule has 31 heavy (non-hydrogen) atoms. The molecule has 0 aliphatic rings. The lowest BCUT2D eigenvalue weighted by atomic mass is 10.1. The second-order valence-corrected chi connectivity index (χ2v) is 9.53. The molecule has 170 valence electrons. The molecule has 7 heteroatoms. The van der Waals surface area contributed by atoms with Crippen molar-refractivity contribution in [1.29, 1.82) is 0 Å². The van der Waals surface area contributed by atoms with Gasteiger partial charge in [0, 0.05) is 6.54 Å². The minimum atomic E-state index is -3.62. The van der Waals surface area contributed by atoms with E-state index in [0.29, 0.717) is 25.3 Å². The molecule has 1 atom stereocenters. The smallest absolute Gasteiger partial charge is 0.243 e. The van der Waals surface area contributed by atoms with E-state index in [1.54, 1.807) is 18.2 Å². The fourth-order valence-electron chi connectivity index (χ4n) is 3.50. The first-order valence-electron chi connectivity index (χ1n) is 10.8. The summed E-state index contributed by atoms with van der Waals surface area (Å²) in [6, 6.07) is 14.3. The monoisotopic (exact) mass is 446 g/mol. The SMILES string of the molecule is CCCOc1ccccc1CCCNC(=O)C(CC)N(c1cccc(C)c1)S(C)(=O)=O. The van der Waals surface area contributed by atoms with Crippen molar-refractivity contribution in [3.8, 4) is 5.75 Å². The summed E-state index contributed by atoms with van der Waals surface area (Å²) in [6.07, 6.45) is 3.96. The third kappa shape index (κ3) is 7.28. The number of amides is 1. The zero-order valence-corrected chi connectivity index (χ0v) is 19.7. The minimum absolute atomic E-state index is 0.287. The summed E-state index contributed by atoms with van der Waals surface area (Å²) in [6.45, 7) is 6.92. The summed E-state index contributed by atoms with van der Waals surface area (Å²) in [7, 11) is -3.62. The van der Waals surface area contributed by atoms with E-state index < -0.39 is 16.1 Å². The molecule has 0 saturated heterocycles. The maximum atomic E-state index is 12.9. The van der Waals surface area contributed by atoms with Gasteiger partial charge in [-0.05, 0) is 61.9 Å². The highest BCUT2D eigenvalue weighted by molar-refractivity contribution is 7.92. The molecule has 0 spiro atoms. The highest BCUT2D eigenvalue weighted by atomic mass is 32.2. The van der Waals surface area contributed by atoms with Crippen LogP contribution >= 0.6 is 0 Å². The number of hydrogen-bond donors (Lipinski definition) is 1. The first-order valence-corrected chi connectivity index (χ1v) is 12.7. The Labute approximate surface area is 186 Å². The van der Waals surface area contributed by atoms with Gasteiger partial charge < -0.3 is 10.1 Å². The Bertz CT molecular complexity index is 960. The molecule has 0 heterocycles. The van der Waals surface area contributed by atoms with Crippen molar-refractivity contribution in [1.82, 2.24) is 5.32 Å². The number of para-hydroxylation sites is 1. The van der Waals surface area contributed by atoms with Crippen molar-refractivity contribution in [2.45, 2.75) is 52.5 Å². The van der Waals surface area contributed by atoms with Crippen LogP contribution < -0.4 is 14.4 Å². The van der Waals surface area contributed by atoms with Crippen LogP contribution in [0.5, 0.6) is 5.75 Å². The minimum Gasteiger partial charge on any atom is -0.493 e. The predicted molar refractivity (Wildman–Crippen MR) is 126 cm³/mol. The van der Waals surface area contributed by atoms with Gasteiger partial charge in [-0.2, -0.15) is 0 Å². The van der Waals surface area contributed by atoms with E-state index in [1.165, 1.54) is 4.31 Å². The second kappa shape index (κ2) is 11.7. The number of rotatable bonds is 12. The topological polar surface area (TPSA) is 75.7 Å². The van der Waals surface area contributed by atoms with Crippen molar-refractivity contribution in [2.75, 3.05) is 23.7 Å². The van der Waals surface area contributed by atoms with Crippen molar-refractivity contribution >= 4 is 21.6 Å². The number of sulfonamides is 1. The molecular weight excluding hydrogens is 412 g/mol. The normalized spacial score (nSPS) is 12.3. The maximum absolute atomic E-state index is 12.9. The van der Waals surface area contributed by atoms with Gasteiger partial charge in [0.2, 0.25) is 15.9 Å². The van der Waals surface area contributed by atoms with Crippen LogP contribution in [0.1, 0.15) is 44.2 Å². The average Bonchev–Trinajstić information content (AvgIpc) is 2.73. The number of benzene rings is 2. The Morgan fingerprint density at radius 1 is 1.13 bits per heavy atom. The molecule has 0 aromatic heterocycles. The Kier molecular flexibility index (Phi) is 9.37. The van der Waals surface area contributed by atoms with Crippen molar-refractivity contribution in [3.63, 3.8) is 0 Å². The molecule has 0 fully saturated rings. The number of hydrogen-bond acceptors (Lipinski definition) is 4. The average molecular weight is 447 g/mol. The Morgan fingerprint density at radius 2 is 1.87 bits per heavy atom. The number of carbonyl (C=O) groups excluding carboxylic acids is 1. The number of nitrogens with zero attached hydrogens (tertiary/aromatic N) is 1. The van der Waals surface area contributed by atoms with E-state index in [0.717, 1.165) is 42.4 Å². The summed E-state index contributed by atoms with van der Waals surface area (Å²) in [5.74, 6) is 0.592. The van der Waals surface area contributed by atoms with E-state index in [1.807, 2.05) is 44.2 Å². The fraction of sp³-hybridized carbons (Fsp3) is 0.458. The first-order chi connectivity index (χ1) is 14.8. The molecule has 6 nitrogen and oxygen atoms in total. The van der Waals surface area contributed by atoms with E-state index in [9.17, 15) is 13.2 Å². The molecule has 0 aliphatic heterocycles. The van der Waals surface area contributed by atoms with E-state index in [2.05, 4.69) is 12.2 Å². The summed E-state index contributed by atoms with van der Waals surface area (Å²) in [4.78, 5) is 12.9. The highest BCUT2D eigenvalue weighted by Crippen LogP contribution is 2.24. The Morgan fingerprint density at radius 3 is 2.52 bits per heavy atom. The summed E-state index contributed by atoms with van der Waals surface area (Å²) < 4.78 is 32.0. The quantitative estimate of drug-likeness (QED) is 0.499. The van der Waals surface area contributed by atoms with Gasteiger partial charge in [0.15, 0.2) is 0 Å². The molecule has 0 saturated carbocycles. The van der Waals surface area contributed by atoms with Crippen molar-refractivity contribution in [2.24, 2.45) is 0 Å². The van der Waals surface area contributed by atoms with Gasteiger partial charge in [0.25, 0.3) is 0 Å². The lowest BCUT2D eigenvalue weighted by Crippen LogP contribution is -2.49. The van der Waals surface area contributed by atoms with Gasteiger partial charge in [0.1, 0.15) is 11.8 Å². The van der Waals surface area contributed by atoms with E-state index in [4.69, 9.17) is 4.74 Å². The number of ether oxygens (including phenoxy) is 1. The standard InChI is InChI=1S/C24H34N2O4S/c1-5-17-30-23-15-8-7-12-20(23)13-10-16-25-24(27)22(6-2)26(31(4,28)29)21-14-9-11-19(3)18-21/h7-9,11-12,14-15,18,22H,5-6,10,13,16-17H2,1-4H3,(H,25,27). The lowest BCUT2D eigenvalue weighted by Gasteiger charge is -2.30. The number of anilines is 1. The molecule has 1 amide bonds. The van der Waals surface area contributed by atoms with Crippen molar-refractivity contribution < 1.29 is 17.9 Å². The van der Waals surface area contributed by atoms with Crippen molar-refractivity contribution in [3.05, 3.63) is 59.7 Å². The molecule has 2 aromatic rings. The third-order valence-electron chi connectivity index (χ3n) is 4.94. The maximum Gasteiger partial charge on any atom is 0.243 e. The van der Waals surface area contributed by atoms with Gasteiger partial charge in [-0.25, -0.2) is 8.42 Å². The molecular formula is C24H34N2O4S. The largest absolute Gasteiger partial charge is 0.493 e. The van der Waals surface area contributed by atoms with E-state index in [-0.39, 0.29) is 5.91 Å². The first kappa shape index (κ1) is 24.7. The van der Waals surface area contributed by atoms with Crippen LogP contribution in [0, 0.1) is 6.92 Å². The van der Waals surface area contributed by atoms with Gasteiger partial charge in [-0.1, -0.05) is 44.2 Å². The van der Waals surface area contributed by atoms with Crippen LogP contribution in [0.3, 0.4) is 0 Å². The molecule has 2 aromatic carbocycles. The van der Waals surface area contributed by atoms with Crippen LogP contribution in [0.15, 0.2) is 48.5 Å². The van der Waals surface area contributed by atoms with Crippen LogP contribution in [0.4, 0.5) is 5.69 Å². The Balaban J connectivity index is 2.02. The van der Waals surface area contributed by atoms with Gasteiger partial charge in [-0.15, -0.1) is 0 Å². The molecule has 0 radical (unpaired) electrons. The fourth-order valence-corrected chi connectivity index (χ4v) is 4.70. The summed E-state index contributed by atoms with van der Waals surface area (Å²) in [5, 5.41) is 2.92. The van der Waals surface area contributed by atoms with Crippen LogP contribution in [0.2, 0.25) is 0 Å². The zero-order chi connectivity index (χ0) is 22.9. The van der Waals surface area contributed by atoms with Gasteiger partial charge in [-0.3, -0.25) is 9.10 Å². The van der Waals surface area contributed by atoms with E-state index >= 15 is 0 Å². The van der Waals surface area contributed by atoms with Crippen LogP contribution in [0.25, 0.3) is 0 Å². The highest BCUT2D eigenvalue weighted by Gasteiger charge is 2.31. The molecule has 1 unspecified atom stereocenters. The molecule has 0 aliphatic carbocycles. The predicted octanol–water partition coefficient (Wildman–Crippen LogP) is 4.08. The van der Waals surface area contributed by atoms with Gasteiger partial charge >= 0.3 is 0 Å². The second-order valence-electron chi connectivity index (χ2n) is 7.67. The third-order valence-corrected chi connectivity index (χ3v) is 6.12. The van der Waals surface area contributed by atoms with Crippen LogP contribution in [-0.4, -0.2) is 39.8 Å². The van der Waals surface area contributed by atoms with Crippen LogP contribution in [-0.2, 0) is 21.2 Å². The molecule has 0 bridgehead atoms. The van der Waals surface area contributed by atoms with Gasteiger partial charge in [0.05, 0.1) is 18.6 Å². The number of carbonyl (C=O) groups is 1. The summed E-state index contributed by atoms with van der Waals surface area (Å²) in [5.41, 5.74) is 2.55. The molecule has 2 rings (SSSR count). The summed E-state index contributed by atoms with van der Waals surface area (Å²) >= 11 is 0. The molecule has 1 N–H and O–H groups in total. The zero-order valence-electron chi connectivity index (χ0n) is 18.9. The number of aryl methyl sites for hydroxylation is 2.